The Kier molecular flexibility index (Phi) is 5.98. The molecule has 1 unspecified atom stereocenters. The van der Waals surface area contributed by atoms with E-state index in [2.05, 4.69) is 9.89 Å². The number of rotatable bonds is 4. The minimum Gasteiger partial charge on any atom is -0.497 e. The minimum atomic E-state index is -0.431. The molecule has 1 aliphatic carbocycles. The monoisotopic (exact) mass is 472 g/mol. The van der Waals surface area contributed by atoms with Crippen LogP contribution in [0, 0.1) is 5.92 Å². The number of methoxy groups -OCH3 is 1. The van der Waals surface area contributed by atoms with Crippen LogP contribution in [0.4, 0.5) is 11.4 Å². The first kappa shape index (κ1) is 22.0. The number of amides is 2. The number of fused-ring (bicyclic) bond motifs is 1. The number of hydrogen-bond acceptors (Lipinski definition) is 5. The van der Waals surface area contributed by atoms with Crippen LogP contribution < -0.4 is 14.5 Å². The van der Waals surface area contributed by atoms with Crippen LogP contribution in [0.1, 0.15) is 10.4 Å². The highest BCUT2D eigenvalue weighted by Gasteiger charge is 2.34. The number of thiocarbonyl (C=S) groups is 1. The molecule has 0 saturated carbocycles. The van der Waals surface area contributed by atoms with Gasteiger partial charge in [-0.25, -0.2) is 4.99 Å². The molecular weight excluding hydrogens is 448 g/mol. The maximum atomic E-state index is 13.1. The van der Waals surface area contributed by atoms with Gasteiger partial charge in [0.25, 0.3) is 5.91 Å². The molecule has 2 aliphatic heterocycles. The van der Waals surface area contributed by atoms with E-state index in [1.54, 1.807) is 31.4 Å². The summed E-state index contributed by atoms with van der Waals surface area (Å²) < 4.78 is 5.22. The van der Waals surface area contributed by atoms with Crippen LogP contribution in [0.3, 0.4) is 0 Å². The van der Waals surface area contributed by atoms with E-state index in [1.807, 2.05) is 53.5 Å². The molecule has 1 saturated heterocycles. The van der Waals surface area contributed by atoms with E-state index in [0.29, 0.717) is 30.1 Å². The Morgan fingerprint density at radius 2 is 1.65 bits per heavy atom. The summed E-state index contributed by atoms with van der Waals surface area (Å²) in [5.41, 5.74) is 2.98. The average Bonchev–Trinajstić information content (AvgIpc) is 2.89. The molecule has 5 rings (SSSR count). The van der Waals surface area contributed by atoms with Gasteiger partial charge in [-0.3, -0.25) is 14.5 Å². The third-order valence-electron chi connectivity index (χ3n) is 6.28. The zero-order valence-electron chi connectivity index (χ0n) is 18.8. The van der Waals surface area contributed by atoms with Crippen molar-refractivity contribution in [1.82, 2.24) is 4.90 Å². The summed E-state index contributed by atoms with van der Waals surface area (Å²) in [5, 5.41) is 0.213. The molecule has 0 radical (unpaired) electrons. The SMILES string of the molecule is COc1ccc(N2CCN(C(=O)c3ccc(N4C(=O)C5C=CC=CC5=NC4=S)cc3)CC2)cc1. The highest BCUT2D eigenvalue weighted by Crippen LogP contribution is 2.26. The molecule has 1 atom stereocenters. The van der Waals surface area contributed by atoms with Gasteiger partial charge in [-0.05, 0) is 66.8 Å². The number of allylic oxidation sites excluding steroid dienone is 3. The molecule has 0 spiro atoms. The molecule has 172 valence electrons. The van der Waals surface area contributed by atoms with Gasteiger partial charge in [-0.1, -0.05) is 18.2 Å². The number of piperazine rings is 1. The highest BCUT2D eigenvalue weighted by molar-refractivity contribution is 7.80. The molecule has 3 aliphatic rings. The van der Waals surface area contributed by atoms with Gasteiger partial charge in [0.1, 0.15) is 5.75 Å². The molecule has 2 amide bonds. The number of hydrogen-bond donors (Lipinski definition) is 0. The number of nitrogens with zero attached hydrogens (tertiary/aromatic N) is 4. The smallest absolute Gasteiger partial charge is 0.253 e. The van der Waals surface area contributed by atoms with Crippen LogP contribution in [-0.2, 0) is 4.79 Å². The van der Waals surface area contributed by atoms with Crippen LogP contribution in [0.5, 0.6) is 5.75 Å². The second-order valence-corrected chi connectivity index (χ2v) is 8.60. The summed E-state index contributed by atoms with van der Waals surface area (Å²) >= 11 is 5.38. The zero-order chi connectivity index (χ0) is 23.7. The zero-order valence-corrected chi connectivity index (χ0v) is 19.6. The third-order valence-corrected chi connectivity index (χ3v) is 6.55. The predicted octanol–water partition coefficient (Wildman–Crippen LogP) is 3.47. The number of carbonyl (C=O) groups excluding carboxylic acids is 2. The van der Waals surface area contributed by atoms with Gasteiger partial charge in [0, 0.05) is 37.4 Å². The third kappa shape index (κ3) is 4.12. The Morgan fingerprint density at radius 3 is 2.32 bits per heavy atom. The van der Waals surface area contributed by atoms with E-state index in [4.69, 9.17) is 17.0 Å². The largest absolute Gasteiger partial charge is 0.497 e. The number of anilines is 2. The first-order chi connectivity index (χ1) is 16.5. The van der Waals surface area contributed by atoms with Crippen LogP contribution in [0.25, 0.3) is 0 Å². The number of carbonyl (C=O) groups is 2. The predicted molar refractivity (Wildman–Crippen MR) is 137 cm³/mol. The maximum Gasteiger partial charge on any atom is 0.253 e. The standard InChI is InChI=1S/C26H24N4O3S/c1-33-21-12-10-19(11-13-21)28-14-16-29(17-15-28)24(31)18-6-8-20(9-7-18)30-25(32)22-4-2-3-5-23(22)27-26(30)34/h2-13,22H,14-17H2,1H3. The fraction of sp³-hybridized carbons (Fsp3) is 0.231. The van der Waals surface area contributed by atoms with Crippen LogP contribution in [0.2, 0.25) is 0 Å². The first-order valence-corrected chi connectivity index (χ1v) is 11.6. The molecular formula is C26H24N4O3S. The molecule has 0 aromatic heterocycles. The summed E-state index contributed by atoms with van der Waals surface area (Å²) in [4.78, 5) is 36.1. The van der Waals surface area contributed by atoms with Crippen LogP contribution >= 0.6 is 12.2 Å². The summed E-state index contributed by atoms with van der Waals surface area (Å²) in [7, 11) is 1.65. The Hall–Kier alpha value is -3.78. The summed E-state index contributed by atoms with van der Waals surface area (Å²) in [6.07, 6.45) is 7.31. The molecule has 0 N–H and O–H groups in total. The van der Waals surface area contributed by atoms with Gasteiger partial charge < -0.3 is 14.5 Å². The fourth-order valence-electron chi connectivity index (χ4n) is 4.38. The van der Waals surface area contributed by atoms with Crippen molar-refractivity contribution < 1.29 is 14.3 Å². The van der Waals surface area contributed by atoms with Gasteiger partial charge >= 0.3 is 0 Å². The lowest BCUT2D eigenvalue weighted by molar-refractivity contribution is -0.118. The molecule has 34 heavy (non-hydrogen) atoms. The molecule has 0 bridgehead atoms. The minimum absolute atomic E-state index is 0.0193. The van der Waals surface area contributed by atoms with Gasteiger partial charge in [0.15, 0.2) is 0 Å². The molecule has 8 heteroatoms. The number of aliphatic imine (C=N–C) groups is 1. The molecule has 2 heterocycles. The Labute approximate surface area is 203 Å². The van der Waals surface area contributed by atoms with Crippen molar-refractivity contribution in [2.75, 3.05) is 43.1 Å². The average molecular weight is 473 g/mol. The second-order valence-electron chi connectivity index (χ2n) is 8.24. The second kappa shape index (κ2) is 9.23. The maximum absolute atomic E-state index is 13.1. The summed E-state index contributed by atoms with van der Waals surface area (Å²) in [5.74, 6) is 0.241. The lowest BCUT2D eigenvalue weighted by atomic mass is 9.95. The van der Waals surface area contributed by atoms with E-state index < -0.39 is 5.92 Å². The van der Waals surface area contributed by atoms with Crippen molar-refractivity contribution in [2.45, 2.75) is 0 Å². The lowest BCUT2D eigenvalue weighted by Gasteiger charge is -2.36. The number of benzene rings is 2. The Balaban J connectivity index is 1.24. The normalized spacial score (nSPS) is 19.7. The van der Waals surface area contributed by atoms with E-state index in [0.717, 1.165) is 24.5 Å². The van der Waals surface area contributed by atoms with Gasteiger partial charge in [0.05, 0.1) is 24.4 Å². The van der Waals surface area contributed by atoms with Crippen LogP contribution in [-0.4, -0.2) is 60.8 Å². The van der Waals surface area contributed by atoms with E-state index in [9.17, 15) is 9.59 Å². The van der Waals surface area contributed by atoms with Crippen LogP contribution in [0.15, 0.2) is 77.8 Å². The fourth-order valence-corrected chi connectivity index (χ4v) is 4.68. The first-order valence-electron chi connectivity index (χ1n) is 11.1. The summed E-state index contributed by atoms with van der Waals surface area (Å²) in [6.45, 7) is 2.80. The van der Waals surface area contributed by atoms with Gasteiger partial charge in [-0.2, -0.15) is 0 Å². The van der Waals surface area contributed by atoms with E-state index in [-0.39, 0.29) is 16.9 Å². The Morgan fingerprint density at radius 1 is 0.971 bits per heavy atom. The van der Waals surface area contributed by atoms with Crippen molar-refractivity contribution in [3.63, 3.8) is 0 Å². The van der Waals surface area contributed by atoms with E-state index >= 15 is 0 Å². The van der Waals surface area contributed by atoms with Crippen molar-refractivity contribution in [2.24, 2.45) is 10.9 Å². The van der Waals surface area contributed by atoms with Crippen molar-refractivity contribution >= 4 is 46.2 Å². The topological polar surface area (TPSA) is 65.5 Å². The lowest BCUT2D eigenvalue weighted by Crippen LogP contribution is -2.48. The van der Waals surface area contributed by atoms with Gasteiger partial charge in [-0.15, -0.1) is 0 Å². The highest BCUT2D eigenvalue weighted by atomic mass is 32.1. The Bertz CT molecular complexity index is 1210. The quantitative estimate of drug-likeness (QED) is 0.638. The molecule has 2 aromatic rings. The van der Waals surface area contributed by atoms with Crippen molar-refractivity contribution in [3.8, 4) is 5.75 Å². The van der Waals surface area contributed by atoms with E-state index in [1.165, 1.54) is 4.90 Å². The van der Waals surface area contributed by atoms with Crippen molar-refractivity contribution in [3.05, 3.63) is 78.4 Å². The van der Waals surface area contributed by atoms with Crippen molar-refractivity contribution in [1.29, 1.82) is 0 Å². The molecule has 2 aromatic carbocycles. The molecule has 1 fully saturated rings. The molecule has 7 nitrogen and oxygen atoms in total. The number of ether oxygens (including phenoxy) is 1. The summed E-state index contributed by atoms with van der Waals surface area (Å²) in [6, 6.07) is 15.0. The van der Waals surface area contributed by atoms with Gasteiger partial charge in [0.2, 0.25) is 11.0 Å².